The van der Waals surface area contributed by atoms with E-state index in [9.17, 15) is 0 Å². The van der Waals surface area contributed by atoms with Crippen LogP contribution in [0.1, 0.15) is 43.8 Å². The summed E-state index contributed by atoms with van der Waals surface area (Å²) >= 11 is 1.78. The van der Waals surface area contributed by atoms with Gasteiger partial charge < -0.3 is 5.32 Å². The first-order valence-electron chi connectivity index (χ1n) is 6.20. The van der Waals surface area contributed by atoms with Crippen molar-refractivity contribution in [2.75, 3.05) is 7.05 Å². The number of aryl methyl sites for hydroxylation is 1. The number of nitrogens with one attached hydrogen (secondary N) is 1. The highest BCUT2D eigenvalue weighted by atomic mass is 32.1. The molecule has 0 aliphatic carbocycles. The summed E-state index contributed by atoms with van der Waals surface area (Å²) in [5.74, 6) is 0.819. The highest BCUT2D eigenvalue weighted by molar-refractivity contribution is 7.09. The molecule has 0 aliphatic heterocycles. The molecule has 2 nitrogen and oxygen atoms in total. The van der Waals surface area contributed by atoms with Crippen molar-refractivity contribution in [2.45, 2.75) is 52.5 Å². The van der Waals surface area contributed by atoms with E-state index in [-0.39, 0.29) is 0 Å². The summed E-state index contributed by atoms with van der Waals surface area (Å²) < 4.78 is 0. The van der Waals surface area contributed by atoms with Crippen LogP contribution in [0.15, 0.2) is 5.38 Å². The molecular formula is C13H24N2S. The zero-order valence-electron chi connectivity index (χ0n) is 10.9. The molecule has 1 rings (SSSR count). The van der Waals surface area contributed by atoms with Gasteiger partial charge in [0.15, 0.2) is 0 Å². The van der Waals surface area contributed by atoms with Crippen LogP contribution >= 0.6 is 11.3 Å². The lowest BCUT2D eigenvalue weighted by Crippen LogP contribution is -2.27. The van der Waals surface area contributed by atoms with Gasteiger partial charge in [-0.25, -0.2) is 4.98 Å². The van der Waals surface area contributed by atoms with E-state index in [1.165, 1.54) is 24.3 Å². The topological polar surface area (TPSA) is 24.9 Å². The van der Waals surface area contributed by atoms with Crippen molar-refractivity contribution in [3.8, 4) is 0 Å². The summed E-state index contributed by atoms with van der Waals surface area (Å²) in [4.78, 5) is 4.52. The van der Waals surface area contributed by atoms with E-state index in [2.05, 4.69) is 43.5 Å². The zero-order chi connectivity index (χ0) is 12.0. The van der Waals surface area contributed by atoms with E-state index in [1.807, 2.05) is 0 Å². The van der Waals surface area contributed by atoms with Gasteiger partial charge in [0.2, 0.25) is 0 Å². The summed E-state index contributed by atoms with van der Waals surface area (Å²) in [5.41, 5.74) is 1.15. The Bertz CT molecular complexity index is 294. The predicted molar refractivity (Wildman–Crippen MR) is 72.1 cm³/mol. The minimum absolute atomic E-state index is 0.587. The summed E-state index contributed by atoms with van der Waals surface area (Å²) in [7, 11) is 2.06. The van der Waals surface area contributed by atoms with E-state index >= 15 is 0 Å². The van der Waals surface area contributed by atoms with Crippen molar-refractivity contribution in [3.05, 3.63) is 16.1 Å². The molecule has 0 bridgehead atoms. The predicted octanol–water partition coefficient (Wildman–Crippen LogP) is 3.41. The molecule has 0 spiro atoms. The van der Waals surface area contributed by atoms with Crippen LogP contribution in [0.25, 0.3) is 0 Å². The van der Waals surface area contributed by atoms with Crippen LogP contribution in [0.5, 0.6) is 0 Å². The van der Waals surface area contributed by atoms with E-state index in [1.54, 1.807) is 11.3 Å². The number of thiazole rings is 1. The molecule has 0 amide bonds. The SMILES string of the molecule is CNC(CCCC(C)C)Cc1nc(C)cs1. The number of nitrogens with zero attached hydrogens (tertiary/aromatic N) is 1. The third-order valence-corrected chi connectivity index (χ3v) is 3.82. The minimum Gasteiger partial charge on any atom is -0.317 e. The van der Waals surface area contributed by atoms with E-state index in [4.69, 9.17) is 0 Å². The van der Waals surface area contributed by atoms with E-state index < -0.39 is 0 Å². The Labute approximate surface area is 103 Å². The number of hydrogen-bond donors (Lipinski definition) is 1. The summed E-state index contributed by atoms with van der Waals surface area (Å²) in [6.07, 6.45) is 4.98. The van der Waals surface area contributed by atoms with Gasteiger partial charge in [0, 0.05) is 23.5 Å². The van der Waals surface area contributed by atoms with Gasteiger partial charge in [-0.15, -0.1) is 11.3 Å². The Kier molecular flexibility index (Phi) is 5.99. The minimum atomic E-state index is 0.587. The van der Waals surface area contributed by atoms with Crippen LogP contribution in [0, 0.1) is 12.8 Å². The van der Waals surface area contributed by atoms with Crippen molar-refractivity contribution in [3.63, 3.8) is 0 Å². The molecule has 92 valence electrons. The highest BCUT2D eigenvalue weighted by Gasteiger charge is 2.09. The van der Waals surface area contributed by atoms with Gasteiger partial charge in [0.25, 0.3) is 0 Å². The molecule has 0 aliphatic rings. The molecule has 0 fully saturated rings. The Balaban J connectivity index is 2.31. The molecule has 0 aromatic carbocycles. The lowest BCUT2D eigenvalue weighted by Gasteiger charge is -2.15. The number of rotatable bonds is 7. The Morgan fingerprint density at radius 3 is 2.62 bits per heavy atom. The quantitative estimate of drug-likeness (QED) is 0.790. The average Bonchev–Trinajstić information content (AvgIpc) is 2.62. The molecule has 1 heterocycles. The molecule has 1 atom stereocenters. The highest BCUT2D eigenvalue weighted by Crippen LogP contribution is 2.15. The maximum atomic E-state index is 4.52. The lowest BCUT2D eigenvalue weighted by molar-refractivity contribution is 0.457. The molecule has 1 aromatic rings. The Hall–Kier alpha value is -0.410. The first kappa shape index (κ1) is 13.7. The molecule has 0 saturated heterocycles. The van der Waals surface area contributed by atoms with Crippen molar-refractivity contribution in [1.29, 1.82) is 0 Å². The van der Waals surface area contributed by atoms with Crippen LogP contribution in [0.2, 0.25) is 0 Å². The molecule has 1 aromatic heterocycles. The second-order valence-corrected chi connectivity index (χ2v) is 5.84. The Morgan fingerprint density at radius 1 is 1.38 bits per heavy atom. The maximum absolute atomic E-state index is 4.52. The van der Waals surface area contributed by atoms with Crippen LogP contribution in [-0.4, -0.2) is 18.1 Å². The van der Waals surface area contributed by atoms with Crippen LogP contribution in [0.3, 0.4) is 0 Å². The first-order chi connectivity index (χ1) is 7.61. The monoisotopic (exact) mass is 240 g/mol. The molecule has 1 unspecified atom stereocenters. The smallest absolute Gasteiger partial charge is 0.0943 e. The van der Waals surface area contributed by atoms with Crippen molar-refractivity contribution >= 4 is 11.3 Å². The van der Waals surface area contributed by atoms with Gasteiger partial charge in [-0.2, -0.15) is 0 Å². The van der Waals surface area contributed by atoms with Crippen LogP contribution < -0.4 is 5.32 Å². The lowest BCUT2D eigenvalue weighted by atomic mass is 10.0. The Morgan fingerprint density at radius 2 is 2.12 bits per heavy atom. The van der Waals surface area contributed by atoms with Gasteiger partial charge in [0.1, 0.15) is 0 Å². The van der Waals surface area contributed by atoms with Gasteiger partial charge in [0.05, 0.1) is 5.01 Å². The fourth-order valence-corrected chi connectivity index (χ4v) is 2.68. The largest absolute Gasteiger partial charge is 0.317 e. The standard InChI is InChI=1S/C13H24N2S/c1-10(2)6-5-7-12(14-4)8-13-15-11(3)9-16-13/h9-10,12,14H,5-8H2,1-4H3. The summed E-state index contributed by atoms with van der Waals surface area (Å²) in [6.45, 7) is 6.64. The van der Waals surface area contributed by atoms with Gasteiger partial charge in [-0.05, 0) is 26.3 Å². The fourth-order valence-electron chi connectivity index (χ4n) is 1.83. The molecule has 0 radical (unpaired) electrons. The molecule has 0 saturated carbocycles. The zero-order valence-corrected chi connectivity index (χ0v) is 11.7. The number of likely N-dealkylation sites (N-methyl/N-ethyl adjacent to an activating group) is 1. The third kappa shape index (κ3) is 5.08. The van der Waals surface area contributed by atoms with Crippen molar-refractivity contribution in [1.82, 2.24) is 10.3 Å². The molecular weight excluding hydrogens is 216 g/mol. The second kappa shape index (κ2) is 7.02. The molecule has 16 heavy (non-hydrogen) atoms. The third-order valence-electron chi connectivity index (χ3n) is 2.83. The van der Waals surface area contributed by atoms with Gasteiger partial charge in [-0.3, -0.25) is 0 Å². The summed E-state index contributed by atoms with van der Waals surface area (Å²) in [5, 5.41) is 6.80. The fraction of sp³-hybridized carbons (Fsp3) is 0.769. The molecule has 3 heteroatoms. The maximum Gasteiger partial charge on any atom is 0.0943 e. The average molecular weight is 240 g/mol. The van der Waals surface area contributed by atoms with Crippen LogP contribution in [-0.2, 0) is 6.42 Å². The summed E-state index contributed by atoms with van der Waals surface area (Å²) in [6, 6.07) is 0.587. The van der Waals surface area contributed by atoms with Gasteiger partial charge >= 0.3 is 0 Å². The van der Waals surface area contributed by atoms with Crippen molar-refractivity contribution in [2.24, 2.45) is 5.92 Å². The van der Waals surface area contributed by atoms with Gasteiger partial charge in [-0.1, -0.05) is 26.7 Å². The second-order valence-electron chi connectivity index (χ2n) is 4.90. The normalized spacial score (nSPS) is 13.3. The van der Waals surface area contributed by atoms with E-state index in [0.717, 1.165) is 18.0 Å². The van der Waals surface area contributed by atoms with Crippen molar-refractivity contribution < 1.29 is 0 Å². The number of hydrogen-bond acceptors (Lipinski definition) is 3. The van der Waals surface area contributed by atoms with Crippen LogP contribution in [0.4, 0.5) is 0 Å². The molecule has 1 N–H and O–H groups in total. The van der Waals surface area contributed by atoms with E-state index in [0.29, 0.717) is 6.04 Å². The first-order valence-corrected chi connectivity index (χ1v) is 7.08. The number of aromatic nitrogens is 1.